The number of nitrogens with zero attached hydrogens (tertiary/aromatic N) is 3. The molecule has 9 nitrogen and oxygen atoms in total. The first kappa shape index (κ1) is 27.1. The van der Waals surface area contributed by atoms with E-state index in [-0.39, 0.29) is 30.8 Å². The lowest BCUT2D eigenvalue weighted by Crippen LogP contribution is -2.52. The molecular formula is C28H30ClN5O4. The number of aromatic nitrogens is 2. The Kier molecular flexibility index (Phi) is 8.29. The van der Waals surface area contributed by atoms with Crippen LogP contribution >= 0.6 is 12.4 Å². The highest BCUT2D eigenvalue weighted by atomic mass is 35.5. The van der Waals surface area contributed by atoms with Crippen LogP contribution in [0.1, 0.15) is 24.5 Å². The second-order valence-corrected chi connectivity index (χ2v) is 9.10. The van der Waals surface area contributed by atoms with Gasteiger partial charge in [0, 0.05) is 16.8 Å². The number of ether oxygens (including phenoxy) is 1. The molecule has 5 rings (SSSR count). The van der Waals surface area contributed by atoms with E-state index in [1.807, 2.05) is 54.6 Å². The molecule has 0 fully saturated rings. The number of benzene rings is 3. The van der Waals surface area contributed by atoms with Crippen molar-refractivity contribution < 1.29 is 18.8 Å². The number of rotatable bonds is 7. The predicted octanol–water partition coefficient (Wildman–Crippen LogP) is 3.89. The number of para-hydroxylation sites is 1. The summed E-state index contributed by atoms with van der Waals surface area (Å²) >= 11 is 0. The summed E-state index contributed by atoms with van der Waals surface area (Å²) < 4.78 is 10.6. The van der Waals surface area contributed by atoms with Crippen LogP contribution in [0.4, 0.5) is 5.69 Å². The molecular weight excluding hydrogens is 506 g/mol. The molecule has 0 bridgehead atoms. The monoisotopic (exact) mass is 535 g/mol. The summed E-state index contributed by atoms with van der Waals surface area (Å²) in [6, 6.07) is 16.6. The minimum absolute atomic E-state index is 0. The first-order valence-electron chi connectivity index (χ1n) is 12.2. The highest BCUT2D eigenvalue weighted by Crippen LogP contribution is 2.35. The third-order valence-electron chi connectivity index (χ3n) is 6.94. The fourth-order valence-corrected chi connectivity index (χ4v) is 4.76. The first-order valence-corrected chi connectivity index (χ1v) is 12.2. The molecule has 0 saturated heterocycles. The van der Waals surface area contributed by atoms with Gasteiger partial charge in [-0.05, 0) is 61.3 Å². The summed E-state index contributed by atoms with van der Waals surface area (Å²) in [5.41, 5.74) is 3.61. The molecule has 1 aromatic heterocycles. The molecule has 2 N–H and O–H groups in total. The van der Waals surface area contributed by atoms with Crippen LogP contribution < -0.4 is 20.3 Å². The van der Waals surface area contributed by atoms with E-state index in [9.17, 15) is 9.59 Å². The zero-order valence-corrected chi connectivity index (χ0v) is 22.2. The van der Waals surface area contributed by atoms with Crippen molar-refractivity contribution in [3.8, 4) is 17.1 Å². The Hall–Kier alpha value is -3.95. The lowest BCUT2D eigenvalue weighted by atomic mass is 10.00. The second kappa shape index (κ2) is 11.6. The minimum Gasteiger partial charge on any atom is -0.496 e. The van der Waals surface area contributed by atoms with Gasteiger partial charge in [0.25, 0.3) is 0 Å². The summed E-state index contributed by atoms with van der Waals surface area (Å²) in [5, 5.41) is 11.7. The zero-order chi connectivity index (χ0) is 25.9. The Bertz CT molecular complexity index is 1440. The van der Waals surface area contributed by atoms with Crippen molar-refractivity contribution in [3.05, 3.63) is 72.1 Å². The number of hydrogen-bond acceptors (Lipinski definition) is 7. The minimum atomic E-state index is -0.637. The maximum Gasteiger partial charge on any atom is 0.249 e. The molecule has 1 aliphatic heterocycles. The smallest absolute Gasteiger partial charge is 0.249 e. The summed E-state index contributed by atoms with van der Waals surface area (Å²) in [6.45, 7) is 2.05. The standard InChI is InChI=1S/C28H29N5O4.ClH/c1-17(29-2)27(34)31-23-12-9-18-6-4-5-7-24(18)33(28(23)35)15-22-21-11-8-20(26-30-16-37-32-26)14-19(21)10-13-25(22)36-3;/h4-8,10-11,13-14,16-17,23,29H,9,12,15H2,1-3H3,(H,31,34);1H. The molecule has 2 heterocycles. The van der Waals surface area contributed by atoms with E-state index in [2.05, 4.69) is 20.8 Å². The van der Waals surface area contributed by atoms with Gasteiger partial charge in [-0.2, -0.15) is 4.98 Å². The van der Waals surface area contributed by atoms with Crippen LogP contribution in [0.5, 0.6) is 5.75 Å². The molecule has 10 heteroatoms. The number of hydrogen-bond donors (Lipinski definition) is 2. The van der Waals surface area contributed by atoms with Crippen LogP contribution in [0.2, 0.25) is 0 Å². The maximum absolute atomic E-state index is 13.9. The number of anilines is 1. The van der Waals surface area contributed by atoms with Crippen molar-refractivity contribution in [2.45, 2.75) is 38.4 Å². The SMILES string of the molecule is CNC(C)C(=O)NC1CCc2ccccc2N(Cc2c(OC)ccc3cc(-c4ncon4)ccc23)C1=O.Cl. The maximum atomic E-state index is 13.9. The molecule has 38 heavy (non-hydrogen) atoms. The van der Waals surface area contributed by atoms with Gasteiger partial charge in [-0.15, -0.1) is 12.4 Å². The molecule has 2 unspecified atom stereocenters. The third-order valence-corrected chi connectivity index (χ3v) is 6.94. The van der Waals surface area contributed by atoms with Gasteiger partial charge in [0.2, 0.25) is 24.0 Å². The van der Waals surface area contributed by atoms with Gasteiger partial charge in [-0.1, -0.05) is 41.6 Å². The molecule has 4 aromatic rings. The van der Waals surface area contributed by atoms with Crippen LogP contribution in [0.15, 0.2) is 65.5 Å². The summed E-state index contributed by atoms with van der Waals surface area (Å²) in [5.74, 6) is 0.830. The van der Waals surface area contributed by atoms with E-state index < -0.39 is 12.1 Å². The lowest BCUT2D eigenvalue weighted by Gasteiger charge is -2.28. The third kappa shape index (κ3) is 5.20. The Morgan fingerprint density at radius 1 is 1.21 bits per heavy atom. The zero-order valence-electron chi connectivity index (χ0n) is 21.4. The molecule has 1 aliphatic rings. The van der Waals surface area contributed by atoms with Crippen molar-refractivity contribution in [1.29, 1.82) is 0 Å². The van der Waals surface area contributed by atoms with Crippen LogP contribution in [-0.2, 0) is 22.6 Å². The number of nitrogens with one attached hydrogen (secondary N) is 2. The molecule has 198 valence electrons. The summed E-state index contributed by atoms with van der Waals surface area (Å²) in [6.07, 6.45) is 2.50. The number of carbonyl (C=O) groups excluding carboxylic acids is 2. The van der Waals surface area contributed by atoms with Crippen LogP contribution in [0, 0.1) is 0 Å². The Balaban J connectivity index is 0.00000336. The topological polar surface area (TPSA) is 110 Å². The number of amides is 2. The average molecular weight is 536 g/mol. The fraction of sp³-hybridized carbons (Fsp3) is 0.286. The van der Waals surface area contributed by atoms with Gasteiger partial charge in [0.05, 0.1) is 19.7 Å². The highest BCUT2D eigenvalue weighted by molar-refractivity contribution is 6.02. The summed E-state index contributed by atoms with van der Waals surface area (Å²) in [7, 11) is 3.34. The van der Waals surface area contributed by atoms with Crippen molar-refractivity contribution in [2.24, 2.45) is 0 Å². The number of fused-ring (bicyclic) bond motifs is 2. The molecule has 0 spiro atoms. The fourth-order valence-electron chi connectivity index (χ4n) is 4.76. The molecule has 0 aliphatic carbocycles. The number of halogens is 1. The molecule has 0 saturated carbocycles. The van der Waals surface area contributed by atoms with Gasteiger partial charge in [0.15, 0.2) is 0 Å². The normalized spacial score (nSPS) is 15.8. The highest BCUT2D eigenvalue weighted by Gasteiger charge is 2.33. The predicted molar refractivity (Wildman–Crippen MR) is 147 cm³/mol. The molecule has 0 radical (unpaired) electrons. The average Bonchev–Trinajstić information content (AvgIpc) is 3.44. The summed E-state index contributed by atoms with van der Waals surface area (Å²) in [4.78, 5) is 32.5. The van der Waals surface area contributed by atoms with E-state index in [4.69, 9.17) is 9.26 Å². The number of aryl methyl sites for hydroxylation is 1. The van der Waals surface area contributed by atoms with Crippen molar-refractivity contribution in [3.63, 3.8) is 0 Å². The number of carbonyl (C=O) groups is 2. The second-order valence-electron chi connectivity index (χ2n) is 9.10. The van der Waals surface area contributed by atoms with Crippen LogP contribution in [-0.4, -0.2) is 48.2 Å². The molecule has 3 aromatic carbocycles. The largest absolute Gasteiger partial charge is 0.496 e. The Labute approximate surface area is 227 Å². The number of methoxy groups -OCH3 is 1. The van der Waals surface area contributed by atoms with E-state index in [0.717, 1.165) is 33.2 Å². The van der Waals surface area contributed by atoms with Crippen molar-refractivity contribution in [1.82, 2.24) is 20.8 Å². The van der Waals surface area contributed by atoms with Gasteiger partial charge in [-0.25, -0.2) is 0 Å². The van der Waals surface area contributed by atoms with Crippen molar-refractivity contribution >= 4 is 40.7 Å². The van der Waals surface area contributed by atoms with Gasteiger partial charge < -0.3 is 24.8 Å². The Morgan fingerprint density at radius 2 is 2.03 bits per heavy atom. The van der Waals surface area contributed by atoms with Crippen LogP contribution in [0.25, 0.3) is 22.2 Å². The molecule has 2 atom stereocenters. The van der Waals surface area contributed by atoms with Gasteiger partial charge in [0.1, 0.15) is 11.8 Å². The van der Waals surface area contributed by atoms with E-state index in [1.165, 1.54) is 6.39 Å². The van der Waals surface area contributed by atoms with Crippen molar-refractivity contribution in [2.75, 3.05) is 19.1 Å². The Morgan fingerprint density at radius 3 is 2.76 bits per heavy atom. The van der Waals surface area contributed by atoms with Crippen LogP contribution in [0.3, 0.4) is 0 Å². The van der Waals surface area contributed by atoms with Gasteiger partial charge >= 0.3 is 0 Å². The quantitative estimate of drug-likeness (QED) is 0.369. The van der Waals surface area contributed by atoms with E-state index >= 15 is 0 Å². The molecule has 2 amide bonds. The van der Waals surface area contributed by atoms with Gasteiger partial charge in [-0.3, -0.25) is 9.59 Å². The lowest BCUT2D eigenvalue weighted by molar-refractivity contribution is -0.128. The van der Waals surface area contributed by atoms with E-state index in [1.54, 1.807) is 26.0 Å². The van der Waals surface area contributed by atoms with E-state index in [0.29, 0.717) is 24.4 Å². The first-order chi connectivity index (χ1) is 18.0. The number of likely N-dealkylation sites (N-methyl/N-ethyl adjacent to an activating group) is 1.